The monoisotopic (exact) mass is 259 g/mol. The van der Waals surface area contributed by atoms with E-state index < -0.39 is 0 Å². The molecule has 1 saturated heterocycles. The van der Waals surface area contributed by atoms with E-state index in [1.54, 1.807) is 0 Å². The van der Waals surface area contributed by atoms with Gasteiger partial charge in [0.1, 0.15) is 0 Å². The first-order valence-corrected chi connectivity index (χ1v) is 7.78. The van der Waals surface area contributed by atoms with Gasteiger partial charge < -0.3 is 5.32 Å². The predicted molar refractivity (Wildman–Crippen MR) is 77.9 cm³/mol. The van der Waals surface area contributed by atoms with E-state index in [1.807, 2.05) is 12.3 Å². The fourth-order valence-corrected chi connectivity index (χ4v) is 3.65. The molecule has 1 N–H and O–H groups in total. The smallest absolute Gasteiger partial charge is 0.0544 e. The van der Waals surface area contributed by atoms with E-state index in [9.17, 15) is 0 Å². The second kappa shape index (κ2) is 6.49. The standard InChI is InChI=1S/C16H25N3/c1-2-6-14(7-3-1)16-12-17-10-11-19(16)13-15-8-4-5-9-18-15/h4-5,8-9,14,16-17H,1-3,6-7,10-13H2. The van der Waals surface area contributed by atoms with Gasteiger partial charge in [0.2, 0.25) is 0 Å². The van der Waals surface area contributed by atoms with Gasteiger partial charge in [-0.05, 0) is 30.9 Å². The molecule has 2 fully saturated rings. The number of piperazine rings is 1. The molecule has 1 aliphatic carbocycles. The summed E-state index contributed by atoms with van der Waals surface area (Å²) in [5.41, 5.74) is 1.21. The van der Waals surface area contributed by atoms with Crippen molar-refractivity contribution in [1.29, 1.82) is 0 Å². The predicted octanol–water partition coefficient (Wildman–Crippen LogP) is 2.44. The summed E-state index contributed by atoms with van der Waals surface area (Å²) in [6.45, 7) is 4.47. The van der Waals surface area contributed by atoms with Crippen molar-refractivity contribution in [1.82, 2.24) is 15.2 Å². The first-order chi connectivity index (χ1) is 9.43. The zero-order valence-electron chi connectivity index (χ0n) is 11.7. The van der Waals surface area contributed by atoms with Gasteiger partial charge in [0.15, 0.2) is 0 Å². The van der Waals surface area contributed by atoms with Crippen LogP contribution in [0.1, 0.15) is 37.8 Å². The van der Waals surface area contributed by atoms with Crippen molar-refractivity contribution < 1.29 is 0 Å². The Morgan fingerprint density at radius 1 is 1.21 bits per heavy atom. The molecule has 3 rings (SSSR count). The van der Waals surface area contributed by atoms with Crippen molar-refractivity contribution in [2.75, 3.05) is 19.6 Å². The molecular weight excluding hydrogens is 234 g/mol. The summed E-state index contributed by atoms with van der Waals surface area (Å²) in [5, 5.41) is 3.59. The second-order valence-electron chi connectivity index (χ2n) is 5.96. The Bertz CT molecular complexity index is 373. The molecule has 0 amide bonds. The second-order valence-corrected chi connectivity index (χ2v) is 5.96. The van der Waals surface area contributed by atoms with E-state index in [-0.39, 0.29) is 0 Å². The summed E-state index contributed by atoms with van der Waals surface area (Å²) in [5.74, 6) is 0.894. The average molecular weight is 259 g/mol. The summed E-state index contributed by atoms with van der Waals surface area (Å²) in [7, 11) is 0. The molecule has 0 aromatic carbocycles. The van der Waals surface area contributed by atoms with E-state index in [4.69, 9.17) is 0 Å². The Kier molecular flexibility index (Phi) is 4.46. The molecule has 0 radical (unpaired) electrons. The zero-order chi connectivity index (χ0) is 12.9. The van der Waals surface area contributed by atoms with Gasteiger partial charge in [0.25, 0.3) is 0 Å². The van der Waals surface area contributed by atoms with Crippen molar-refractivity contribution in [2.24, 2.45) is 5.92 Å². The summed E-state index contributed by atoms with van der Waals surface area (Å²) in [4.78, 5) is 7.15. The SMILES string of the molecule is c1ccc(CN2CCNCC2C2CCCCC2)nc1. The topological polar surface area (TPSA) is 28.2 Å². The Morgan fingerprint density at radius 3 is 2.89 bits per heavy atom. The first-order valence-electron chi connectivity index (χ1n) is 7.78. The molecule has 2 aliphatic rings. The van der Waals surface area contributed by atoms with Crippen molar-refractivity contribution in [3.63, 3.8) is 0 Å². The van der Waals surface area contributed by atoms with E-state index >= 15 is 0 Å². The number of hydrogen-bond donors (Lipinski definition) is 1. The van der Waals surface area contributed by atoms with Crippen molar-refractivity contribution in [3.8, 4) is 0 Å². The van der Waals surface area contributed by atoms with Crippen LogP contribution in [0.4, 0.5) is 0 Å². The van der Waals surface area contributed by atoms with Crippen molar-refractivity contribution >= 4 is 0 Å². The van der Waals surface area contributed by atoms with Crippen LogP contribution in [-0.2, 0) is 6.54 Å². The molecule has 3 nitrogen and oxygen atoms in total. The molecule has 19 heavy (non-hydrogen) atoms. The minimum absolute atomic E-state index is 0.719. The van der Waals surface area contributed by atoms with Crippen LogP contribution in [0.15, 0.2) is 24.4 Å². The van der Waals surface area contributed by atoms with Gasteiger partial charge in [0, 0.05) is 38.4 Å². The van der Waals surface area contributed by atoms with Crippen LogP contribution in [0.2, 0.25) is 0 Å². The van der Waals surface area contributed by atoms with E-state index in [1.165, 1.54) is 37.8 Å². The van der Waals surface area contributed by atoms with Gasteiger partial charge in [-0.1, -0.05) is 25.3 Å². The van der Waals surface area contributed by atoms with E-state index in [0.29, 0.717) is 0 Å². The number of rotatable bonds is 3. The van der Waals surface area contributed by atoms with Crippen LogP contribution in [0, 0.1) is 5.92 Å². The molecule has 1 saturated carbocycles. The molecule has 1 unspecified atom stereocenters. The lowest BCUT2D eigenvalue weighted by Gasteiger charge is -2.42. The first kappa shape index (κ1) is 13.1. The third kappa shape index (κ3) is 3.34. The molecule has 1 aromatic heterocycles. The Hall–Kier alpha value is -0.930. The maximum Gasteiger partial charge on any atom is 0.0544 e. The van der Waals surface area contributed by atoms with Crippen molar-refractivity contribution in [2.45, 2.75) is 44.7 Å². The molecule has 1 aliphatic heterocycles. The van der Waals surface area contributed by atoms with Gasteiger partial charge >= 0.3 is 0 Å². The normalized spacial score (nSPS) is 26.4. The maximum atomic E-state index is 4.49. The summed E-state index contributed by atoms with van der Waals surface area (Å²) < 4.78 is 0. The minimum atomic E-state index is 0.719. The largest absolute Gasteiger partial charge is 0.314 e. The number of nitrogens with zero attached hydrogens (tertiary/aromatic N) is 2. The zero-order valence-corrected chi connectivity index (χ0v) is 11.7. The molecule has 0 spiro atoms. The number of hydrogen-bond acceptors (Lipinski definition) is 3. The Balaban J connectivity index is 1.66. The Morgan fingerprint density at radius 2 is 2.11 bits per heavy atom. The fraction of sp³-hybridized carbons (Fsp3) is 0.688. The highest BCUT2D eigenvalue weighted by Gasteiger charge is 2.30. The summed E-state index contributed by atoms with van der Waals surface area (Å²) in [6, 6.07) is 6.97. The van der Waals surface area contributed by atoms with Gasteiger partial charge in [-0.25, -0.2) is 0 Å². The molecular formula is C16H25N3. The molecule has 1 atom stereocenters. The molecule has 0 bridgehead atoms. The highest BCUT2D eigenvalue weighted by atomic mass is 15.2. The lowest BCUT2D eigenvalue weighted by molar-refractivity contribution is 0.0849. The minimum Gasteiger partial charge on any atom is -0.314 e. The quantitative estimate of drug-likeness (QED) is 0.903. The fourth-order valence-electron chi connectivity index (χ4n) is 3.65. The summed E-state index contributed by atoms with van der Waals surface area (Å²) in [6.07, 6.45) is 9.05. The number of pyridine rings is 1. The van der Waals surface area contributed by atoms with Crippen molar-refractivity contribution in [3.05, 3.63) is 30.1 Å². The van der Waals surface area contributed by atoms with Gasteiger partial charge in [0.05, 0.1) is 5.69 Å². The third-order valence-electron chi connectivity index (χ3n) is 4.68. The maximum absolute atomic E-state index is 4.49. The van der Waals surface area contributed by atoms with Crippen LogP contribution < -0.4 is 5.32 Å². The Labute approximate surface area is 116 Å². The van der Waals surface area contributed by atoms with Crippen LogP contribution in [0.3, 0.4) is 0 Å². The van der Waals surface area contributed by atoms with Gasteiger partial charge in [-0.3, -0.25) is 9.88 Å². The molecule has 104 valence electrons. The summed E-state index contributed by atoms with van der Waals surface area (Å²) >= 11 is 0. The van der Waals surface area contributed by atoms with Crippen LogP contribution >= 0.6 is 0 Å². The molecule has 3 heteroatoms. The van der Waals surface area contributed by atoms with Gasteiger partial charge in [-0.15, -0.1) is 0 Å². The number of aromatic nitrogens is 1. The van der Waals surface area contributed by atoms with E-state index in [2.05, 4.69) is 27.3 Å². The lowest BCUT2D eigenvalue weighted by atomic mass is 9.82. The average Bonchev–Trinajstić information content (AvgIpc) is 2.50. The molecule has 1 aromatic rings. The van der Waals surface area contributed by atoms with Gasteiger partial charge in [-0.2, -0.15) is 0 Å². The lowest BCUT2D eigenvalue weighted by Crippen LogP contribution is -2.54. The van der Waals surface area contributed by atoms with Crippen LogP contribution in [0.5, 0.6) is 0 Å². The van der Waals surface area contributed by atoms with E-state index in [0.717, 1.165) is 38.1 Å². The van der Waals surface area contributed by atoms with Crippen LogP contribution in [0.25, 0.3) is 0 Å². The number of nitrogens with one attached hydrogen (secondary N) is 1. The third-order valence-corrected chi connectivity index (χ3v) is 4.68. The molecule has 2 heterocycles. The highest BCUT2D eigenvalue weighted by Crippen LogP contribution is 2.30. The highest BCUT2D eigenvalue weighted by molar-refractivity contribution is 5.04. The van der Waals surface area contributed by atoms with Crippen LogP contribution in [-0.4, -0.2) is 35.6 Å².